The molecule has 0 saturated carbocycles. The third-order valence-corrected chi connectivity index (χ3v) is 4.06. The van der Waals surface area contributed by atoms with E-state index in [1.54, 1.807) is 18.2 Å². The van der Waals surface area contributed by atoms with Crippen molar-refractivity contribution < 1.29 is 13.9 Å². The molecule has 0 fully saturated rings. The summed E-state index contributed by atoms with van der Waals surface area (Å²) in [7, 11) is 1.36. The highest BCUT2D eigenvalue weighted by atomic mass is 16.5. The second-order valence-electron chi connectivity index (χ2n) is 5.60. The normalized spacial score (nSPS) is 10.8. The molecular weight excluding hydrogens is 314 g/mol. The second kappa shape index (κ2) is 6.24. The highest BCUT2D eigenvalue weighted by Crippen LogP contribution is 2.30. The van der Waals surface area contributed by atoms with Crippen LogP contribution in [0.4, 0.5) is 0 Å². The molecule has 4 nitrogen and oxygen atoms in total. The molecule has 0 bridgehead atoms. The summed E-state index contributed by atoms with van der Waals surface area (Å²) in [4.78, 5) is 16.5. The van der Waals surface area contributed by atoms with Crippen LogP contribution in [-0.2, 0) is 4.74 Å². The maximum Gasteiger partial charge on any atom is 0.338 e. The standard InChI is InChI=1S/C21H15NO3/c1-24-21(23)17-10-6-5-9-16(17)20-22-18-13-15(11-12-19(18)25-20)14-7-3-2-4-8-14/h2-13H,1H3. The highest BCUT2D eigenvalue weighted by molar-refractivity contribution is 5.96. The fraction of sp³-hybridized carbons (Fsp3) is 0.0476. The van der Waals surface area contributed by atoms with Crippen LogP contribution in [0.2, 0.25) is 0 Å². The minimum absolute atomic E-state index is 0.404. The fourth-order valence-corrected chi connectivity index (χ4v) is 2.81. The zero-order valence-corrected chi connectivity index (χ0v) is 13.6. The lowest BCUT2D eigenvalue weighted by molar-refractivity contribution is 0.0601. The average Bonchev–Trinajstić information content (AvgIpc) is 3.11. The van der Waals surface area contributed by atoms with Gasteiger partial charge in [-0.25, -0.2) is 9.78 Å². The molecule has 0 aliphatic carbocycles. The third-order valence-electron chi connectivity index (χ3n) is 4.06. The Balaban J connectivity index is 1.82. The zero-order chi connectivity index (χ0) is 17.2. The van der Waals surface area contributed by atoms with E-state index in [0.717, 1.165) is 16.6 Å². The van der Waals surface area contributed by atoms with E-state index in [0.29, 0.717) is 22.6 Å². The molecule has 0 saturated heterocycles. The highest BCUT2D eigenvalue weighted by Gasteiger charge is 2.17. The number of carbonyl (C=O) groups excluding carboxylic acids is 1. The predicted molar refractivity (Wildman–Crippen MR) is 96.2 cm³/mol. The largest absolute Gasteiger partial charge is 0.465 e. The summed E-state index contributed by atoms with van der Waals surface area (Å²) in [6.45, 7) is 0. The first kappa shape index (κ1) is 15.1. The molecule has 4 aromatic rings. The first-order chi connectivity index (χ1) is 12.3. The van der Waals surface area contributed by atoms with Gasteiger partial charge in [-0.2, -0.15) is 0 Å². The van der Waals surface area contributed by atoms with Crippen LogP contribution in [0.5, 0.6) is 0 Å². The van der Waals surface area contributed by atoms with Gasteiger partial charge in [0.2, 0.25) is 5.89 Å². The molecule has 0 aliphatic heterocycles. The molecule has 0 radical (unpaired) electrons. The summed E-state index contributed by atoms with van der Waals surface area (Å²) in [6, 6.07) is 23.1. The van der Waals surface area contributed by atoms with E-state index in [1.807, 2.05) is 42.5 Å². The number of methoxy groups -OCH3 is 1. The van der Waals surface area contributed by atoms with Gasteiger partial charge in [0, 0.05) is 0 Å². The molecule has 0 spiro atoms. The summed E-state index contributed by atoms with van der Waals surface area (Å²) in [5.74, 6) is -0.0101. The van der Waals surface area contributed by atoms with Crippen LogP contribution in [0.1, 0.15) is 10.4 Å². The number of hydrogen-bond acceptors (Lipinski definition) is 4. The lowest BCUT2D eigenvalue weighted by Gasteiger charge is -2.03. The molecular formula is C21H15NO3. The van der Waals surface area contributed by atoms with Gasteiger partial charge in [0.25, 0.3) is 0 Å². The van der Waals surface area contributed by atoms with Gasteiger partial charge in [0.1, 0.15) is 5.52 Å². The van der Waals surface area contributed by atoms with E-state index in [9.17, 15) is 4.79 Å². The minimum Gasteiger partial charge on any atom is -0.465 e. The number of ether oxygens (including phenoxy) is 1. The summed E-state index contributed by atoms with van der Waals surface area (Å²) >= 11 is 0. The number of fused-ring (bicyclic) bond motifs is 1. The molecule has 25 heavy (non-hydrogen) atoms. The van der Waals surface area contributed by atoms with E-state index in [4.69, 9.17) is 9.15 Å². The van der Waals surface area contributed by atoms with E-state index < -0.39 is 5.97 Å². The lowest BCUT2D eigenvalue weighted by Crippen LogP contribution is -2.03. The Morgan fingerprint density at radius 3 is 2.48 bits per heavy atom. The summed E-state index contributed by atoms with van der Waals surface area (Å²) in [5.41, 5.74) is 4.65. The van der Waals surface area contributed by atoms with Gasteiger partial charge >= 0.3 is 5.97 Å². The molecule has 1 heterocycles. The molecule has 3 aromatic carbocycles. The summed E-state index contributed by atoms with van der Waals surface area (Å²) < 4.78 is 10.7. The number of oxazole rings is 1. The van der Waals surface area contributed by atoms with Crippen LogP contribution in [0.25, 0.3) is 33.7 Å². The molecule has 4 heteroatoms. The van der Waals surface area contributed by atoms with Gasteiger partial charge in [0.05, 0.1) is 18.2 Å². The van der Waals surface area contributed by atoms with Gasteiger partial charge in [0.15, 0.2) is 5.58 Å². The number of carbonyl (C=O) groups is 1. The summed E-state index contributed by atoms with van der Waals surface area (Å²) in [6.07, 6.45) is 0. The number of nitrogens with zero attached hydrogens (tertiary/aromatic N) is 1. The number of aromatic nitrogens is 1. The Morgan fingerprint density at radius 2 is 1.68 bits per heavy atom. The Labute approximate surface area is 144 Å². The average molecular weight is 329 g/mol. The van der Waals surface area contributed by atoms with E-state index >= 15 is 0 Å². The van der Waals surface area contributed by atoms with Crippen molar-refractivity contribution in [2.24, 2.45) is 0 Å². The predicted octanol–water partition coefficient (Wildman–Crippen LogP) is 4.95. The lowest BCUT2D eigenvalue weighted by atomic mass is 10.1. The fourth-order valence-electron chi connectivity index (χ4n) is 2.81. The van der Waals surface area contributed by atoms with Crippen LogP contribution >= 0.6 is 0 Å². The first-order valence-corrected chi connectivity index (χ1v) is 7.90. The minimum atomic E-state index is -0.414. The molecule has 0 aliphatic rings. The maximum atomic E-state index is 12.0. The van der Waals surface area contributed by atoms with Crippen molar-refractivity contribution in [2.75, 3.05) is 7.11 Å². The van der Waals surface area contributed by atoms with Crippen LogP contribution in [-0.4, -0.2) is 18.1 Å². The summed E-state index contributed by atoms with van der Waals surface area (Å²) in [5, 5.41) is 0. The SMILES string of the molecule is COC(=O)c1ccccc1-c1nc2cc(-c3ccccc3)ccc2o1. The topological polar surface area (TPSA) is 52.3 Å². The molecule has 122 valence electrons. The molecule has 0 N–H and O–H groups in total. The Kier molecular flexibility index (Phi) is 3.78. The Hall–Kier alpha value is -3.40. The van der Waals surface area contributed by atoms with Crippen LogP contribution in [0.3, 0.4) is 0 Å². The van der Waals surface area contributed by atoms with Crippen LogP contribution < -0.4 is 0 Å². The smallest absolute Gasteiger partial charge is 0.338 e. The monoisotopic (exact) mass is 329 g/mol. The maximum absolute atomic E-state index is 12.0. The van der Waals surface area contributed by atoms with Crippen molar-refractivity contribution in [1.29, 1.82) is 0 Å². The first-order valence-electron chi connectivity index (χ1n) is 7.90. The molecule has 0 amide bonds. The molecule has 4 rings (SSSR count). The van der Waals surface area contributed by atoms with Crippen molar-refractivity contribution in [3.63, 3.8) is 0 Å². The van der Waals surface area contributed by atoms with E-state index in [-0.39, 0.29) is 0 Å². The quantitative estimate of drug-likeness (QED) is 0.499. The van der Waals surface area contributed by atoms with Gasteiger partial charge in [-0.05, 0) is 35.4 Å². The van der Waals surface area contributed by atoms with Crippen molar-refractivity contribution in [3.05, 3.63) is 78.4 Å². The number of benzene rings is 3. The van der Waals surface area contributed by atoms with Gasteiger partial charge in [-0.15, -0.1) is 0 Å². The number of hydrogen-bond donors (Lipinski definition) is 0. The Bertz CT molecular complexity index is 1050. The Morgan fingerprint density at radius 1 is 0.920 bits per heavy atom. The van der Waals surface area contributed by atoms with E-state index in [2.05, 4.69) is 17.1 Å². The van der Waals surface area contributed by atoms with Crippen LogP contribution in [0.15, 0.2) is 77.2 Å². The zero-order valence-electron chi connectivity index (χ0n) is 13.6. The van der Waals surface area contributed by atoms with Gasteiger partial charge in [-0.1, -0.05) is 48.5 Å². The van der Waals surface area contributed by atoms with Gasteiger partial charge < -0.3 is 9.15 Å². The number of esters is 1. The van der Waals surface area contributed by atoms with Crippen molar-refractivity contribution in [3.8, 4) is 22.6 Å². The number of rotatable bonds is 3. The van der Waals surface area contributed by atoms with Gasteiger partial charge in [-0.3, -0.25) is 0 Å². The third kappa shape index (κ3) is 2.78. The molecule has 0 atom stereocenters. The van der Waals surface area contributed by atoms with E-state index in [1.165, 1.54) is 7.11 Å². The molecule has 0 unspecified atom stereocenters. The molecule has 1 aromatic heterocycles. The van der Waals surface area contributed by atoms with Crippen molar-refractivity contribution >= 4 is 17.1 Å². The van der Waals surface area contributed by atoms with Crippen molar-refractivity contribution in [2.45, 2.75) is 0 Å². The second-order valence-corrected chi connectivity index (χ2v) is 5.60. The van der Waals surface area contributed by atoms with Crippen LogP contribution in [0, 0.1) is 0 Å². The van der Waals surface area contributed by atoms with Crippen molar-refractivity contribution in [1.82, 2.24) is 4.98 Å².